The zero-order valence-corrected chi connectivity index (χ0v) is 29.7. The van der Waals surface area contributed by atoms with Crippen molar-refractivity contribution >= 4 is 28.3 Å². The van der Waals surface area contributed by atoms with E-state index in [0.717, 1.165) is 34.7 Å². The van der Waals surface area contributed by atoms with Crippen molar-refractivity contribution in [3.05, 3.63) is 199 Å². The van der Waals surface area contributed by atoms with Crippen LogP contribution in [0.2, 0.25) is 0 Å². The number of anilines is 4. The Labute approximate surface area is 307 Å². The summed E-state index contributed by atoms with van der Waals surface area (Å²) in [5.74, 6) is 0.489. The van der Waals surface area contributed by atoms with Crippen LogP contribution in [0.15, 0.2) is 188 Å². The summed E-state index contributed by atoms with van der Waals surface area (Å²) in [6, 6.07) is 60.9. The fraction of sp³-hybridized carbons (Fsp3) is 0.0800. The maximum Gasteiger partial charge on any atom is 0.0464 e. The van der Waals surface area contributed by atoms with Gasteiger partial charge in [-0.25, -0.2) is 0 Å². The van der Waals surface area contributed by atoms with Gasteiger partial charge in [0.05, 0.1) is 0 Å². The molecule has 0 saturated heterocycles. The van der Waals surface area contributed by atoms with Crippen LogP contribution in [0.4, 0.5) is 22.7 Å². The van der Waals surface area contributed by atoms with Gasteiger partial charge in [-0.1, -0.05) is 152 Å². The van der Waals surface area contributed by atoms with Gasteiger partial charge >= 0.3 is 0 Å². The Kier molecular flexibility index (Phi) is 9.37. The van der Waals surface area contributed by atoms with Gasteiger partial charge in [0.2, 0.25) is 0 Å². The Morgan fingerprint density at radius 3 is 1.42 bits per heavy atom. The summed E-state index contributed by atoms with van der Waals surface area (Å²) in [5, 5.41) is 7.48. The van der Waals surface area contributed by atoms with Crippen LogP contribution in [0.5, 0.6) is 0 Å². The lowest BCUT2D eigenvalue weighted by Gasteiger charge is -2.19. The van der Waals surface area contributed by atoms with Gasteiger partial charge < -0.3 is 10.6 Å². The SMILES string of the molecule is Cc1ccc(-c2ccc(Nc3ccc(-c4ccc(Nc5ccc(-c6ccccc6)cc5)c(C5=CC(C)CC=C5)c4)cc3-c3ccccc3)cc2)cc1. The van der Waals surface area contributed by atoms with Crippen molar-refractivity contribution in [2.75, 3.05) is 10.6 Å². The standard InChI is InChI=1S/C50H42N2/c1-35-16-18-38(19-17-35)40-22-28-45(29-23-40)51-49-30-24-42(33-47(49)41-13-7-4-8-14-41)43-25-31-50(48(34-43)44-15-9-10-36(2)32-44)52-46-26-20-39(21-27-46)37-11-5-3-6-12-37/h3-9,11-34,36,51-52H,10H2,1-2H3. The second-order valence-electron chi connectivity index (χ2n) is 13.8. The molecule has 7 aromatic carbocycles. The van der Waals surface area contributed by atoms with E-state index >= 15 is 0 Å². The van der Waals surface area contributed by atoms with E-state index < -0.39 is 0 Å². The second kappa shape index (κ2) is 14.8. The molecule has 252 valence electrons. The number of nitrogens with one attached hydrogen (secondary N) is 2. The van der Waals surface area contributed by atoms with Crippen molar-refractivity contribution in [3.8, 4) is 44.5 Å². The molecule has 0 radical (unpaired) electrons. The molecule has 0 amide bonds. The van der Waals surface area contributed by atoms with Crippen LogP contribution in [0.3, 0.4) is 0 Å². The van der Waals surface area contributed by atoms with Crippen molar-refractivity contribution in [1.29, 1.82) is 0 Å². The lowest BCUT2D eigenvalue weighted by molar-refractivity contribution is 0.740. The number of allylic oxidation sites excluding steroid dienone is 4. The normalized spacial score (nSPS) is 13.7. The van der Waals surface area contributed by atoms with Gasteiger partial charge in [0.25, 0.3) is 0 Å². The van der Waals surface area contributed by atoms with E-state index in [4.69, 9.17) is 0 Å². The highest BCUT2D eigenvalue weighted by Crippen LogP contribution is 2.39. The largest absolute Gasteiger partial charge is 0.355 e. The molecule has 1 aliphatic rings. The van der Waals surface area contributed by atoms with Gasteiger partial charge in [-0.3, -0.25) is 0 Å². The molecule has 0 bridgehead atoms. The first-order valence-electron chi connectivity index (χ1n) is 18.1. The van der Waals surface area contributed by atoms with Gasteiger partial charge in [-0.15, -0.1) is 0 Å². The zero-order chi connectivity index (χ0) is 35.3. The lowest BCUT2D eigenvalue weighted by atomic mass is 9.90. The molecule has 2 nitrogen and oxygen atoms in total. The molecule has 1 unspecified atom stereocenters. The molecule has 0 aliphatic heterocycles. The highest BCUT2D eigenvalue weighted by Gasteiger charge is 2.15. The van der Waals surface area contributed by atoms with E-state index in [-0.39, 0.29) is 0 Å². The summed E-state index contributed by atoms with van der Waals surface area (Å²) in [7, 11) is 0. The summed E-state index contributed by atoms with van der Waals surface area (Å²) in [5.41, 5.74) is 17.6. The van der Waals surface area contributed by atoms with Crippen molar-refractivity contribution in [1.82, 2.24) is 0 Å². The predicted molar refractivity (Wildman–Crippen MR) is 223 cm³/mol. The van der Waals surface area contributed by atoms with E-state index in [1.165, 1.54) is 55.6 Å². The van der Waals surface area contributed by atoms with Gasteiger partial charge in [0.15, 0.2) is 0 Å². The molecule has 2 N–H and O–H groups in total. The van der Waals surface area contributed by atoms with Crippen molar-refractivity contribution in [2.24, 2.45) is 5.92 Å². The number of rotatable bonds is 9. The number of hydrogen-bond donors (Lipinski definition) is 2. The summed E-state index contributed by atoms with van der Waals surface area (Å²) in [4.78, 5) is 0. The molecule has 0 spiro atoms. The lowest BCUT2D eigenvalue weighted by Crippen LogP contribution is -2.00. The molecular formula is C50H42N2. The van der Waals surface area contributed by atoms with E-state index in [9.17, 15) is 0 Å². The quantitative estimate of drug-likeness (QED) is 0.160. The van der Waals surface area contributed by atoms with Crippen LogP contribution < -0.4 is 10.6 Å². The fourth-order valence-corrected chi connectivity index (χ4v) is 6.96. The Bertz CT molecular complexity index is 2350. The molecule has 7 aromatic rings. The molecule has 1 aliphatic carbocycles. The second-order valence-corrected chi connectivity index (χ2v) is 13.8. The highest BCUT2D eigenvalue weighted by atomic mass is 14.9. The first kappa shape index (κ1) is 32.8. The first-order chi connectivity index (χ1) is 25.6. The van der Waals surface area contributed by atoms with Crippen LogP contribution in [-0.4, -0.2) is 0 Å². The van der Waals surface area contributed by atoms with Crippen LogP contribution in [0.1, 0.15) is 24.5 Å². The maximum absolute atomic E-state index is 3.75. The average molecular weight is 671 g/mol. The molecule has 2 heteroatoms. The molecule has 52 heavy (non-hydrogen) atoms. The minimum Gasteiger partial charge on any atom is -0.355 e. The summed E-state index contributed by atoms with van der Waals surface area (Å²) >= 11 is 0. The fourth-order valence-electron chi connectivity index (χ4n) is 6.96. The number of aryl methyl sites for hydroxylation is 1. The van der Waals surface area contributed by atoms with Gasteiger partial charge in [0.1, 0.15) is 0 Å². The zero-order valence-electron chi connectivity index (χ0n) is 29.7. The third-order valence-corrected chi connectivity index (χ3v) is 9.86. The van der Waals surface area contributed by atoms with Crippen LogP contribution in [0.25, 0.3) is 50.1 Å². The monoisotopic (exact) mass is 670 g/mol. The molecule has 1 atom stereocenters. The van der Waals surface area contributed by atoms with Gasteiger partial charge in [-0.2, -0.15) is 0 Å². The molecule has 0 aromatic heterocycles. The van der Waals surface area contributed by atoms with Crippen molar-refractivity contribution in [2.45, 2.75) is 20.3 Å². The van der Waals surface area contributed by atoms with Crippen LogP contribution in [-0.2, 0) is 0 Å². The number of hydrogen-bond acceptors (Lipinski definition) is 2. The van der Waals surface area contributed by atoms with E-state index in [1.807, 2.05) is 0 Å². The third kappa shape index (κ3) is 7.38. The first-order valence-corrected chi connectivity index (χ1v) is 18.1. The molecule has 0 fully saturated rings. The van der Waals surface area contributed by atoms with Crippen LogP contribution >= 0.6 is 0 Å². The molecule has 0 saturated carbocycles. The van der Waals surface area contributed by atoms with Gasteiger partial charge in [-0.05, 0) is 112 Å². The molecular weight excluding hydrogens is 629 g/mol. The smallest absolute Gasteiger partial charge is 0.0464 e. The topological polar surface area (TPSA) is 24.1 Å². The summed E-state index contributed by atoms with van der Waals surface area (Å²) in [6.45, 7) is 4.41. The Morgan fingerprint density at radius 1 is 0.442 bits per heavy atom. The Hall–Kier alpha value is -6.38. The summed E-state index contributed by atoms with van der Waals surface area (Å²) < 4.78 is 0. The minimum absolute atomic E-state index is 0.489. The average Bonchev–Trinajstić information content (AvgIpc) is 3.20. The third-order valence-electron chi connectivity index (χ3n) is 9.86. The minimum atomic E-state index is 0.489. The Balaban J connectivity index is 1.12. The Morgan fingerprint density at radius 2 is 0.885 bits per heavy atom. The van der Waals surface area contributed by atoms with E-state index in [1.54, 1.807) is 0 Å². The van der Waals surface area contributed by atoms with E-state index in [2.05, 4.69) is 213 Å². The molecule has 8 rings (SSSR count). The van der Waals surface area contributed by atoms with Crippen molar-refractivity contribution in [3.63, 3.8) is 0 Å². The van der Waals surface area contributed by atoms with Crippen molar-refractivity contribution < 1.29 is 0 Å². The maximum atomic E-state index is 3.75. The van der Waals surface area contributed by atoms with Gasteiger partial charge in [0, 0.05) is 33.9 Å². The number of benzene rings is 7. The van der Waals surface area contributed by atoms with Crippen LogP contribution in [0, 0.1) is 12.8 Å². The summed E-state index contributed by atoms with van der Waals surface area (Å²) in [6.07, 6.45) is 8.04. The van der Waals surface area contributed by atoms with E-state index in [0.29, 0.717) is 5.92 Å². The predicted octanol–water partition coefficient (Wildman–Crippen LogP) is 14.1. The molecule has 0 heterocycles. The highest BCUT2D eigenvalue weighted by molar-refractivity contribution is 5.90.